The Morgan fingerprint density at radius 2 is 2.22 bits per heavy atom. The smallest absolute Gasteiger partial charge is 0.0827 e. The average molecular weight is 253 g/mol. The number of likely N-dealkylation sites (N-methyl/N-ethyl adjacent to an activating group) is 1. The van der Waals surface area contributed by atoms with Crippen molar-refractivity contribution in [3.05, 3.63) is 0 Å². The van der Waals surface area contributed by atoms with Crippen molar-refractivity contribution in [3.8, 4) is 0 Å². The number of rotatable bonds is 3. The molecule has 3 fully saturated rings. The summed E-state index contributed by atoms with van der Waals surface area (Å²) in [6.45, 7) is 7.89. The fourth-order valence-corrected chi connectivity index (χ4v) is 3.65. The summed E-state index contributed by atoms with van der Waals surface area (Å²) in [7, 11) is 2.22. The Morgan fingerprint density at radius 1 is 1.33 bits per heavy atom. The second-order valence-corrected chi connectivity index (χ2v) is 6.38. The van der Waals surface area contributed by atoms with Crippen molar-refractivity contribution in [2.24, 2.45) is 0 Å². The number of nitrogens with zero attached hydrogens (tertiary/aromatic N) is 2. The fraction of sp³-hybridized carbons (Fsp3) is 1.00. The van der Waals surface area contributed by atoms with Crippen LogP contribution in [0.15, 0.2) is 0 Å². The predicted octanol–water partition coefficient (Wildman–Crippen LogP) is 0.532. The molecule has 0 aromatic rings. The number of fused-ring (bicyclic) bond motifs is 1. The second-order valence-electron chi connectivity index (χ2n) is 6.38. The highest BCUT2D eigenvalue weighted by atomic mass is 16.5. The summed E-state index contributed by atoms with van der Waals surface area (Å²) in [5.41, 5.74) is 0. The van der Waals surface area contributed by atoms with Gasteiger partial charge in [0.05, 0.1) is 12.7 Å². The lowest BCUT2D eigenvalue weighted by atomic mass is 10.1. The maximum absolute atomic E-state index is 5.99. The van der Waals surface area contributed by atoms with Gasteiger partial charge < -0.3 is 15.0 Å². The molecule has 4 atom stereocenters. The van der Waals surface area contributed by atoms with Gasteiger partial charge in [-0.1, -0.05) is 0 Å². The van der Waals surface area contributed by atoms with E-state index in [-0.39, 0.29) is 0 Å². The molecule has 104 valence electrons. The van der Waals surface area contributed by atoms with Crippen molar-refractivity contribution in [2.75, 3.05) is 39.8 Å². The lowest BCUT2D eigenvalue weighted by Gasteiger charge is -2.35. The van der Waals surface area contributed by atoms with Gasteiger partial charge in [-0.15, -0.1) is 0 Å². The first-order valence-electron chi connectivity index (χ1n) is 7.51. The standard InChI is InChI=1S/C14H27N3O/c1-11-6-12(8-16(11)2)15-7-14-9-17-5-3-4-13(17)10-18-14/h11-15H,3-10H2,1-2H3. The molecule has 3 aliphatic heterocycles. The van der Waals surface area contributed by atoms with E-state index in [4.69, 9.17) is 4.74 Å². The van der Waals surface area contributed by atoms with Crippen LogP contribution in [-0.2, 0) is 4.74 Å². The Balaban J connectivity index is 1.41. The normalized spacial score (nSPS) is 42.3. The van der Waals surface area contributed by atoms with Gasteiger partial charge in [0.25, 0.3) is 0 Å². The van der Waals surface area contributed by atoms with Crippen LogP contribution in [0.4, 0.5) is 0 Å². The Morgan fingerprint density at radius 3 is 3.00 bits per heavy atom. The van der Waals surface area contributed by atoms with Crippen LogP contribution in [0.5, 0.6) is 0 Å². The molecular formula is C14H27N3O. The fourth-order valence-electron chi connectivity index (χ4n) is 3.65. The molecule has 4 nitrogen and oxygen atoms in total. The first-order valence-corrected chi connectivity index (χ1v) is 7.51. The number of nitrogens with one attached hydrogen (secondary N) is 1. The van der Waals surface area contributed by atoms with E-state index in [2.05, 4.69) is 29.1 Å². The largest absolute Gasteiger partial charge is 0.374 e. The molecule has 0 aliphatic carbocycles. The van der Waals surface area contributed by atoms with Crippen molar-refractivity contribution in [1.29, 1.82) is 0 Å². The molecule has 0 spiro atoms. The summed E-state index contributed by atoms with van der Waals surface area (Å²) in [5, 5.41) is 3.70. The molecule has 0 aromatic carbocycles. The van der Waals surface area contributed by atoms with Gasteiger partial charge in [-0.25, -0.2) is 0 Å². The minimum atomic E-state index is 0.403. The third kappa shape index (κ3) is 2.72. The number of ether oxygens (including phenoxy) is 1. The summed E-state index contributed by atoms with van der Waals surface area (Å²) >= 11 is 0. The molecular weight excluding hydrogens is 226 g/mol. The molecule has 3 aliphatic rings. The van der Waals surface area contributed by atoms with E-state index in [1.54, 1.807) is 0 Å². The van der Waals surface area contributed by atoms with E-state index in [1.807, 2.05) is 0 Å². The summed E-state index contributed by atoms with van der Waals surface area (Å²) in [5.74, 6) is 0. The van der Waals surface area contributed by atoms with Crippen LogP contribution in [0.2, 0.25) is 0 Å². The maximum atomic E-state index is 5.99. The minimum absolute atomic E-state index is 0.403. The van der Waals surface area contributed by atoms with E-state index in [9.17, 15) is 0 Å². The highest BCUT2D eigenvalue weighted by molar-refractivity contribution is 4.89. The van der Waals surface area contributed by atoms with Crippen molar-refractivity contribution in [2.45, 2.75) is 50.4 Å². The van der Waals surface area contributed by atoms with Gasteiger partial charge >= 0.3 is 0 Å². The Hall–Kier alpha value is -0.160. The van der Waals surface area contributed by atoms with Gasteiger partial charge in [0.2, 0.25) is 0 Å². The summed E-state index contributed by atoms with van der Waals surface area (Å²) in [4.78, 5) is 5.06. The van der Waals surface area contributed by atoms with Gasteiger partial charge in [0, 0.05) is 37.8 Å². The molecule has 4 heteroatoms. The number of morpholine rings is 1. The van der Waals surface area contributed by atoms with Crippen molar-refractivity contribution < 1.29 is 4.74 Å². The number of hydrogen-bond donors (Lipinski definition) is 1. The van der Waals surface area contributed by atoms with Gasteiger partial charge in [-0.2, -0.15) is 0 Å². The SMILES string of the molecule is CC1CC(NCC2CN3CCCC3CO2)CN1C. The molecule has 4 unspecified atom stereocenters. The molecule has 0 radical (unpaired) electrons. The van der Waals surface area contributed by atoms with Gasteiger partial charge in [-0.05, 0) is 39.8 Å². The Labute approximate surface area is 111 Å². The maximum Gasteiger partial charge on any atom is 0.0827 e. The predicted molar refractivity (Wildman–Crippen MR) is 72.8 cm³/mol. The Kier molecular flexibility index (Phi) is 3.89. The minimum Gasteiger partial charge on any atom is -0.374 e. The van der Waals surface area contributed by atoms with Crippen LogP contribution in [0.25, 0.3) is 0 Å². The lowest BCUT2D eigenvalue weighted by molar-refractivity contribution is -0.0477. The zero-order valence-electron chi connectivity index (χ0n) is 11.8. The number of likely N-dealkylation sites (tertiary alicyclic amines) is 1. The highest BCUT2D eigenvalue weighted by Gasteiger charge is 2.33. The first-order chi connectivity index (χ1) is 8.72. The van der Waals surface area contributed by atoms with Crippen LogP contribution in [0.3, 0.4) is 0 Å². The molecule has 3 rings (SSSR count). The molecule has 1 N–H and O–H groups in total. The van der Waals surface area contributed by atoms with Crippen molar-refractivity contribution in [3.63, 3.8) is 0 Å². The molecule has 0 bridgehead atoms. The summed E-state index contributed by atoms with van der Waals surface area (Å²) in [6, 6.07) is 2.10. The third-order valence-corrected chi connectivity index (χ3v) is 4.98. The van der Waals surface area contributed by atoms with Crippen LogP contribution in [0.1, 0.15) is 26.2 Å². The second kappa shape index (κ2) is 5.45. The van der Waals surface area contributed by atoms with E-state index < -0.39 is 0 Å². The molecule has 3 heterocycles. The van der Waals surface area contributed by atoms with Gasteiger partial charge in [0.15, 0.2) is 0 Å². The van der Waals surface area contributed by atoms with Crippen LogP contribution in [0, 0.1) is 0 Å². The molecule has 18 heavy (non-hydrogen) atoms. The van der Waals surface area contributed by atoms with Gasteiger partial charge in [0.1, 0.15) is 0 Å². The van der Waals surface area contributed by atoms with E-state index in [0.717, 1.165) is 31.8 Å². The summed E-state index contributed by atoms with van der Waals surface area (Å²) in [6.07, 6.45) is 4.38. The van der Waals surface area contributed by atoms with E-state index >= 15 is 0 Å². The molecule has 0 saturated carbocycles. The Bertz CT molecular complexity index is 276. The third-order valence-electron chi connectivity index (χ3n) is 4.98. The topological polar surface area (TPSA) is 27.7 Å². The van der Waals surface area contributed by atoms with Gasteiger partial charge in [-0.3, -0.25) is 4.90 Å². The monoisotopic (exact) mass is 253 g/mol. The highest BCUT2D eigenvalue weighted by Crippen LogP contribution is 2.22. The van der Waals surface area contributed by atoms with Crippen LogP contribution >= 0.6 is 0 Å². The number of hydrogen-bond acceptors (Lipinski definition) is 4. The molecule has 0 aromatic heterocycles. The lowest BCUT2D eigenvalue weighted by Crippen LogP contribution is -2.50. The van der Waals surface area contributed by atoms with Crippen LogP contribution < -0.4 is 5.32 Å². The molecule has 3 saturated heterocycles. The van der Waals surface area contributed by atoms with E-state index in [1.165, 1.54) is 32.4 Å². The van der Waals surface area contributed by atoms with Crippen molar-refractivity contribution in [1.82, 2.24) is 15.1 Å². The zero-order chi connectivity index (χ0) is 12.5. The van der Waals surface area contributed by atoms with Crippen molar-refractivity contribution >= 4 is 0 Å². The van der Waals surface area contributed by atoms with Crippen LogP contribution in [-0.4, -0.2) is 73.9 Å². The molecule has 0 amide bonds. The zero-order valence-corrected chi connectivity index (χ0v) is 11.8. The first kappa shape index (κ1) is 12.9. The summed E-state index contributed by atoms with van der Waals surface area (Å²) < 4.78 is 5.99. The van der Waals surface area contributed by atoms with E-state index in [0.29, 0.717) is 12.1 Å². The quantitative estimate of drug-likeness (QED) is 0.794. The average Bonchev–Trinajstić information content (AvgIpc) is 2.94.